The lowest BCUT2D eigenvalue weighted by Gasteiger charge is -2.29. The number of rotatable bonds is 8. The standard InChI is InChI=1S/C25H26Cl2N2O3/c1-30-25-14-18(2-9-24(25)32-17-19-3-4-20(26)15-23(19)27)16-28-21-5-7-22(8-6-21)29-10-12-31-13-11-29/h2-9,14-15,28H,10-13,16-17H2,1H3. The Morgan fingerprint density at radius 2 is 1.72 bits per heavy atom. The molecule has 0 amide bonds. The Labute approximate surface area is 198 Å². The fraction of sp³-hybridized carbons (Fsp3) is 0.280. The van der Waals surface area contributed by atoms with Gasteiger partial charge in [0.05, 0.1) is 20.3 Å². The van der Waals surface area contributed by atoms with Crippen molar-refractivity contribution >= 4 is 34.6 Å². The van der Waals surface area contributed by atoms with Crippen molar-refractivity contribution in [2.24, 2.45) is 0 Å². The molecule has 0 aliphatic carbocycles. The van der Waals surface area contributed by atoms with Gasteiger partial charge in [-0.15, -0.1) is 0 Å². The summed E-state index contributed by atoms with van der Waals surface area (Å²) in [5.41, 5.74) is 4.25. The summed E-state index contributed by atoms with van der Waals surface area (Å²) in [5, 5.41) is 4.64. The quantitative estimate of drug-likeness (QED) is 0.433. The first-order valence-electron chi connectivity index (χ1n) is 10.5. The fourth-order valence-corrected chi connectivity index (χ4v) is 4.01. The molecule has 1 aliphatic heterocycles. The molecule has 3 aromatic rings. The zero-order valence-electron chi connectivity index (χ0n) is 17.9. The van der Waals surface area contributed by atoms with Gasteiger partial charge in [0, 0.05) is 46.6 Å². The molecule has 1 aliphatic rings. The van der Waals surface area contributed by atoms with Crippen LogP contribution < -0.4 is 19.7 Å². The molecule has 1 saturated heterocycles. The van der Waals surface area contributed by atoms with Crippen LogP contribution in [-0.4, -0.2) is 33.4 Å². The highest BCUT2D eigenvalue weighted by Gasteiger charge is 2.11. The number of methoxy groups -OCH3 is 1. The molecule has 0 atom stereocenters. The van der Waals surface area contributed by atoms with Gasteiger partial charge in [0.2, 0.25) is 0 Å². The number of morpholine rings is 1. The summed E-state index contributed by atoms with van der Waals surface area (Å²) in [4.78, 5) is 2.34. The molecule has 0 unspecified atom stereocenters. The number of anilines is 2. The maximum atomic E-state index is 6.24. The highest BCUT2D eigenvalue weighted by atomic mass is 35.5. The molecule has 5 nitrogen and oxygen atoms in total. The van der Waals surface area contributed by atoms with Gasteiger partial charge in [-0.05, 0) is 54.1 Å². The number of nitrogens with one attached hydrogen (secondary N) is 1. The molecule has 0 radical (unpaired) electrons. The Kier molecular flexibility index (Phi) is 7.63. The number of hydrogen-bond acceptors (Lipinski definition) is 5. The third kappa shape index (κ3) is 5.80. The molecule has 1 heterocycles. The van der Waals surface area contributed by atoms with Crippen molar-refractivity contribution in [2.45, 2.75) is 13.2 Å². The second kappa shape index (κ2) is 10.8. The molecule has 0 spiro atoms. The highest BCUT2D eigenvalue weighted by Crippen LogP contribution is 2.30. The number of halogens is 2. The van der Waals surface area contributed by atoms with E-state index in [4.69, 9.17) is 37.4 Å². The highest BCUT2D eigenvalue weighted by molar-refractivity contribution is 6.35. The van der Waals surface area contributed by atoms with E-state index in [2.05, 4.69) is 34.5 Å². The molecule has 0 bridgehead atoms. The summed E-state index contributed by atoms with van der Waals surface area (Å²) >= 11 is 12.2. The van der Waals surface area contributed by atoms with Crippen LogP contribution in [0.4, 0.5) is 11.4 Å². The first-order valence-corrected chi connectivity index (χ1v) is 11.3. The average Bonchev–Trinajstić information content (AvgIpc) is 2.83. The Hall–Kier alpha value is -2.60. The number of ether oxygens (including phenoxy) is 3. The van der Waals surface area contributed by atoms with Gasteiger partial charge in [0.15, 0.2) is 11.5 Å². The maximum absolute atomic E-state index is 6.24. The van der Waals surface area contributed by atoms with Crippen molar-refractivity contribution in [3.63, 3.8) is 0 Å². The summed E-state index contributed by atoms with van der Waals surface area (Å²) < 4.78 is 16.9. The topological polar surface area (TPSA) is 43.0 Å². The van der Waals surface area contributed by atoms with E-state index in [-0.39, 0.29) is 0 Å². The van der Waals surface area contributed by atoms with Crippen molar-refractivity contribution < 1.29 is 14.2 Å². The Balaban J connectivity index is 1.35. The summed E-state index contributed by atoms with van der Waals surface area (Å²) in [7, 11) is 1.64. The maximum Gasteiger partial charge on any atom is 0.161 e. The first-order chi connectivity index (χ1) is 15.6. The average molecular weight is 473 g/mol. The van der Waals surface area contributed by atoms with Crippen molar-refractivity contribution in [3.8, 4) is 11.5 Å². The molecule has 3 aromatic carbocycles. The first kappa shape index (κ1) is 22.6. The van der Waals surface area contributed by atoms with Crippen LogP contribution in [0.1, 0.15) is 11.1 Å². The van der Waals surface area contributed by atoms with E-state index >= 15 is 0 Å². The van der Waals surface area contributed by atoms with Gasteiger partial charge in [0.1, 0.15) is 6.61 Å². The van der Waals surface area contributed by atoms with Crippen LogP contribution in [0.5, 0.6) is 11.5 Å². The van der Waals surface area contributed by atoms with E-state index < -0.39 is 0 Å². The lowest BCUT2D eigenvalue weighted by molar-refractivity contribution is 0.122. The van der Waals surface area contributed by atoms with Crippen LogP contribution >= 0.6 is 23.2 Å². The van der Waals surface area contributed by atoms with Gasteiger partial charge in [-0.3, -0.25) is 0 Å². The molecular weight excluding hydrogens is 447 g/mol. The minimum Gasteiger partial charge on any atom is -0.493 e. The van der Waals surface area contributed by atoms with Gasteiger partial charge in [-0.2, -0.15) is 0 Å². The predicted molar refractivity (Wildman–Crippen MR) is 131 cm³/mol. The van der Waals surface area contributed by atoms with E-state index in [1.165, 1.54) is 5.69 Å². The monoisotopic (exact) mass is 472 g/mol. The van der Waals surface area contributed by atoms with Crippen LogP contribution in [0.3, 0.4) is 0 Å². The molecule has 0 aromatic heterocycles. The molecule has 4 rings (SSSR count). The molecule has 1 fully saturated rings. The van der Waals surface area contributed by atoms with E-state index in [0.717, 1.165) is 43.1 Å². The van der Waals surface area contributed by atoms with E-state index in [0.29, 0.717) is 34.7 Å². The minimum atomic E-state index is 0.333. The van der Waals surface area contributed by atoms with Crippen LogP contribution in [0.2, 0.25) is 10.0 Å². The van der Waals surface area contributed by atoms with Gasteiger partial charge in [-0.1, -0.05) is 35.3 Å². The molecule has 168 valence electrons. The van der Waals surface area contributed by atoms with Crippen LogP contribution in [0, 0.1) is 0 Å². The van der Waals surface area contributed by atoms with Gasteiger partial charge in [0.25, 0.3) is 0 Å². The van der Waals surface area contributed by atoms with E-state index in [1.807, 2.05) is 24.3 Å². The summed E-state index contributed by atoms with van der Waals surface area (Å²) in [6.45, 7) is 4.45. The van der Waals surface area contributed by atoms with E-state index in [1.54, 1.807) is 19.2 Å². The van der Waals surface area contributed by atoms with Gasteiger partial charge < -0.3 is 24.4 Å². The van der Waals surface area contributed by atoms with E-state index in [9.17, 15) is 0 Å². The normalized spacial score (nSPS) is 13.7. The number of benzene rings is 3. The fourth-order valence-electron chi connectivity index (χ4n) is 3.55. The third-order valence-corrected chi connectivity index (χ3v) is 5.95. The second-order valence-corrected chi connectivity index (χ2v) is 8.35. The predicted octanol–water partition coefficient (Wildman–Crippen LogP) is 6.03. The lowest BCUT2D eigenvalue weighted by atomic mass is 10.2. The molecule has 7 heteroatoms. The third-order valence-electron chi connectivity index (χ3n) is 5.37. The van der Waals surface area contributed by atoms with Crippen LogP contribution in [-0.2, 0) is 17.9 Å². The summed E-state index contributed by atoms with van der Waals surface area (Å²) in [6.07, 6.45) is 0. The van der Waals surface area contributed by atoms with Crippen molar-refractivity contribution in [1.82, 2.24) is 0 Å². The van der Waals surface area contributed by atoms with Crippen molar-refractivity contribution in [1.29, 1.82) is 0 Å². The molecular formula is C25H26Cl2N2O3. The summed E-state index contributed by atoms with van der Waals surface area (Å²) in [5.74, 6) is 1.34. The lowest BCUT2D eigenvalue weighted by Crippen LogP contribution is -2.36. The molecule has 32 heavy (non-hydrogen) atoms. The second-order valence-electron chi connectivity index (χ2n) is 7.51. The molecule has 0 saturated carbocycles. The number of hydrogen-bond donors (Lipinski definition) is 1. The van der Waals surface area contributed by atoms with Crippen LogP contribution in [0.15, 0.2) is 60.7 Å². The van der Waals surface area contributed by atoms with Gasteiger partial charge in [-0.25, -0.2) is 0 Å². The van der Waals surface area contributed by atoms with Gasteiger partial charge >= 0.3 is 0 Å². The summed E-state index contributed by atoms with van der Waals surface area (Å²) in [6, 6.07) is 19.8. The Bertz CT molecular complexity index is 1040. The number of nitrogens with zero attached hydrogens (tertiary/aromatic N) is 1. The Morgan fingerprint density at radius 1 is 0.938 bits per heavy atom. The van der Waals surface area contributed by atoms with Crippen molar-refractivity contribution in [3.05, 3.63) is 81.8 Å². The molecule has 1 N–H and O–H groups in total. The van der Waals surface area contributed by atoms with Crippen LogP contribution in [0.25, 0.3) is 0 Å². The van der Waals surface area contributed by atoms with Crippen molar-refractivity contribution in [2.75, 3.05) is 43.6 Å². The zero-order valence-corrected chi connectivity index (χ0v) is 19.5. The zero-order chi connectivity index (χ0) is 22.3. The SMILES string of the molecule is COc1cc(CNc2ccc(N3CCOCC3)cc2)ccc1OCc1ccc(Cl)cc1Cl. The Morgan fingerprint density at radius 3 is 2.44 bits per heavy atom. The minimum absolute atomic E-state index is 0.333. The largest absolute Gasteiger partial charge is 0.493 e. The smallest absolute Gasteiger partial charge is 0.161 e.